The Kier molecular flexibility index (Phi) is 5.57. The van der Waals surface area contributed by atoms with Crippen LogP contribution < -0.4 is 10.1 Å². The van der Waals surface area contributed by atoms with Crippen LogP contribution in [0.1, 0.15) is 25.8 Å². The van der Waals surface area contributed by atoms with Gasteiger partial charge in [0.1, 0.15) is 5.75 Å². The number of pyridine rings is 1. The number of hydrogen-bond donors (Lipinski definition) is 1. The van der Waals surface area contributed by atoms with E-state index in [0.29, 0.717) is 6.04 Å². The number of hydrogen-bond acceptors (Lipinski definition) is 3. The maximum atomic E-state index is 5.11. The second kappa shape index (κ2) is 7.01. The third-order valence-electron chi connectivity index (χ3n) is 2.14. The van der Waals surface area contributed by atoms with Gasteiger partial charge in [-0.3, -0.25) is 4.98 Å². The van der Waals surface area contributed by atoms with Crippen LogP contribution in [0, 0.1) is 0 Å². The van der Waals surface area contributed by atoms with Gasteiger partial charge in [0, 0.05) is 12.2 Å². The van der Waals surface area contributed by atoms with Gasteiger partial charge in [-0.05, 0) is 24.6 Å². The molecule has 1 aromatic heterocycles. The summed E-state index contributed by atoms with van der Waals surface area (Å²) in [6.07, 6.45) is 8.77. The number of ether oxygens (including phenoxy) is 1. The molecule has 0 fully saturated rings. The lowest BCUT2D eigenvalue weighted by atomic mass is 10.2. The molecule has 1 rings (SSSR count). The quantitative estimate of drug-likeness (QED) is 0.748. The van der Waals surface area contributed by atoms with Crippen molar-refractivity contribution in [2.45, 2.75) is 26.3 Å². The van der Waals surface area contributed by atoms with Crippen LogP contribution in [0.4, 0.5) is 0 Å². The van der Waals surface area contributed by atoms with E-state index in [0.717, 1.165) is 24.3 Å². The summed E-state index contributed by atoms with van der Waals surface area (Å²) in [6, 6.07) is 2.52. The van der Waals surface area contributed by atoms with E-state index in [1.54, 1.807) is 13.3 Å². The topological polar surface area (TPSA) is 34.1 Å². The molecule has 0 spiro atoms. The molecule has 1 aromatic rings. The summed E-state index contributed by atoms with van der Waals surface area (Å²) in [5.41, 5.74) is 1.07. The highest BCUT2D eigenvalue weighted by Crippen LogP contribution is 2.11. The highest BCUT2D eigenvalue weighted by molar-refractivity contribution is 5.49. The van der Waals surface area contributed by atoms with Gasteiger partial charge in [0.15, 0.2) is 0 Å². The molecule has 0 aliphatic carbocycles. The normalized spacial score (nSPS) is 11.2. The molecule has 88 valence electrons. The van der Waals surface area contributed by atoms with E-state index in [1.807, 2.05) is 12.3 Å². The van der Waals surface area contributed by atoms with Crippen LogP contribution in [0.3, 0.4) is 0 Å². The minimum atomic E-state index is 0.548. The average molecular weight is 220 g/mol. The van der Waals surface area contributed by atoms with Crippen molar-refractivity contribution < 1.29 is 4.74 Å². The average Bonchev–Trinajstić information content (AvgIpc) is 2.28. The molecule has 3 nitrogen and oxygen atoms in total. The smallest absolute Gasteiger partial charge is 0.137 e. The van der Waals surface area contributed by atoms with E-state index < -0.39 is 0 Å². The molecule has 3 heteroatoms. The lowest BCUT2D eigenvalue weighted by molar-refractivity contribution is 0.413. The largest absolute Gasteiger partial charge is 0.495 e. The third-order valence-corrected chi connectivity index (χ3v) is 2.14. The Morgan fingerprint density at radius 1 is 1.44 bits per heavy atom. The van der Waals surface area contributed by atoms with Crippen molar-refractivity contribution in [3.05, 3.63) is 30.1 Å². The van der Waals surface area contributed by atoms with Crippen LogP contribution in [-0.2, 0) is 0 Å². The van der Waals surface area contributed by atoms with Crippen molar-refractivity contribution in [1.29, 1.82) is 0 Å². The minimum Gasteiger partial charge on any atom is -0.495 e. The van der Waals surface area contributed by atoms with Crippen molar-refractivity contribution in [1.82, 2.24) is 10.3 Å². The number of aromatic nitrogens is 1. The third kappa shape index (κ3) is 4.94. The van der Waals surface area contributed by atoms with E-state index in [1.165, 1.54) is 0 Å². The van der Waals surface area contributed by atoms with Gasteiger partial charge < -0.3 is 10.1 Å². The van der Waals surface area contributed by atoms with Gasteiger partial charge in [-0.15, -0.1) is 0 Å². The molecule has 0 atom stereocenters. The van der Waals surface area contributed by atoms with Gasteiger partial charge in [-0.2, -0.15) is 0 Å². The Balaban J connectivity index is 2.37. The van der Waals surface area contributed by atoms with Crippen molar-refractivity contribution in [3.8, 4) is 5.75 Å². The van der Waals surface area contributed by atoms with Crippen molar-refractivity contribution >= 4 is 6.08 Å². The van der Waals surface area contributed by atoms with Gasteiger partial charge in [0.05, 0.1) is 13.3 Å². The first-order valence-corrected chi connectivity index (χ1v) is 5.61. The fourth-order valence-corrected chi connectivity index (χ4v) is 1.31. The molecule has 0 bridgehead atoms. The summed E-state index contributed by atoms with van der Waals surface area (Å²) in [5.74, 6) is 0.794. The van der Waals surface area contributed by atoms with Crippen molar-refractivity contribution in [2.75, 3.05) is 13.7 Å². The number of nitrogens with one attached hydrogen (secondary N) is 1. The van der Waals surface area contributed by atoms with E-state index >= 15 is 0 Å². The molecule has 0 unspecified atom stereocenters. The second-order valence-electron chi connectivity index (χ2n) is 3.96. The summed E-state index contributed by atoms with van der Waals surface area (Å²) >= 11 is 0. The highest BCUT2D eigenvalue weighted by Gasteiger charge is 1.92. The maximum Gasteiger partial charge on any atom is 0.137 e. The monoisotopic (exact) mass is 220 g/mol. The molecule has 0 saturated heterocycles. The predicted octanol–water partition coefficient (Wildman–Crippen LogP) is 2.49. The molecule has 0 radical (unpaired) electrons. The van der Waals surface area contributed by atoms with Crippen LogP contribution in [0.5, 0.6) is 5.75 Å². The Morgan fingerprint density at radius 2 is 2.25 bits per heavy atom. The molecule has 0 saturated carbocycles. The Morgan fingerprint density at radius 3 is 2.94 bits per heavy atom. The van der Waals surface area contributed by atoms with E-state index in [4.69, 9.17) is 4.74 Å². The summed E-state index contributed by atoms with van der Waals surface area (Å²) in [6.45, 7) is 5.30. The van der Waals surface area contributed by atoms with Crippen LogP contribution in [0.15, 0.2) is 24.5 Å². The Labute approximate surface area is 97.5 Å². The zero-order valence-corrected chi connectivity index (χ0v) is 10.2. The van der Waals surface area contributed by atoms with Crippen LogP contribution in [0.2, 0.25) is 0 Å². The van der Waals surface area contributed by atoms with Gasteiger partial charge in [0.2, 0.25) is 0 Å². The van der Waals surface area contributed by atoms with Gasteiger partial charge in [0.25, 0.3) is 0 Å². The summed E-state index contributed by atoms with van der Waals surface area (Å²) in [7, 11) is 1.65. The lowest BCUT2D eigenvalue weighted by Gasteiger charge is -2.04. The molecule has 0 aromatic carbocycles. The van der Waals surface area contributed by atoms with Crippen LogP contribution in [-0.4, -0.2) is 24.7 Å². The van der Waals surface area contributed by atoms with Gasteiger partial charge >= 0.3 is 0 Å². The second-order valence-corrected chi connectivity index (χ2v) is 3.96. The predicted molar refractivity (Wildman–Crippen MR) is 67.6 cm³/mol. The first-order chi connectivity index (χ1) is 7.72. The molecule has 1 heterocycles. The number of methoxy groups -OCH3 is 1. The van der Waals surface area contributed by atoms with E-state index in [9.17, 15) is 0 Å². The molecule has 1 N–H and O–H groups in total. The van der Waals surface area contributed by atoms with Crippen LogP contribution >= 0.6 is 0 Å². The van der Waals surface area contributed by atoms with Crippen LogP contribution in [0.25, 0.3) is 6.08 Å². The first kappa shape index (κ1) is 12.7. The molecular weight excluding hydrogens is 200 g/mol. The molecule has 0 amide bonds. The molecule has 0 aliphatic heterocycles. The Bertz CT molecular complexity index is 334. The molecular formula is C13H20N2O. The zero-order valence-electron chi connectivity index (χ0n) is 10.2. The fourth-order valence-electron chi connectivity index (χ4n) is 1.31. The lowest BCUT2D eigenvalue weighted by Crippen LogP contribution is -2.23. The minimum absolute atomic E-state index is 0.548. The van der Waals surface area contributed by atoms with Crippen molar-refractivity contribution in [2.24, 2.45) is 0 Å². The first-order valence-electron chi connectivity index (χ1n) is 5.61. The Hall–Kier alpha value is -1.35. The van der Waals surface area contributed by atoms with E-state index in [-0.39, 0.29) is 0 Å². The summed E-state index contributed by atoms with van der Waals surface area (Å²) < 4.78 is 5.11. The molecule has 16 heavy (non-hydrogen) atoms. The summed E-state index contributed by atoms with van der Waals surface area (Å²) in [4.78, 5) is 4.09. The zero-order chi connectivity index (χ0) is 11.8. The number of rotatable bonds is 6. The van der Waals surface area contributed by atoms with E-state index in [2.05, 4.69) is 36.3 Å². The highest BCUT2D eigenvalue weighted by atomic mass is 16.5. The SMILES string of the molecule is COc1cncc(/C=C/CCNC(C)C)c1. The fraction of sp³-hybridized carbons (Fsp3) is 0.462. The number of nitrogens with zero attached hydrogens (tertiary/aromatic N) is 1. The summed E-state index contributed by atoms with van der Waals surface area (Å²) in [5, 5.41) is 3.36. The van der Waals surface area contributed by atoms with Gasteiger partial charge in [-0.25, -0.2) is 0 Å². The maximum absolute atomic E-state index is 5.11. The standard InChI is InChI=1S/C13H20N2O/c1-11(2)15-7-5-4-6-12-8-13(16-3)10-14-9-12/h4,6,8-11,15H,5,7H2,1-3H3/b6-4+. The van der Waals surface area contributed by atoms with Gasteiger partial charge in [-0.1, -0.05) is 26.0 Å². The molecule has 0 aliphatic rings. The van der Waals surface area contributed by atoms with Crippen molar-refractivity contribution in [3.63, 3.8) is 0 Å².